The number of carbonyl (C=O) groups is 14. The molecule has 760 valence electrons. The third-order valence-electron chi connectivity index (χ3n) is 28.4. The largest absolute Gasteiger partial charge is 0.481 e. The van der Waals surface area contributed by atoms with E-state index in [1.165, 1.54) is 52.0 Å². The number of rotatable bonds is 26. The summed E-state index contributed by atoms with van der Waals surface area (Å²) in [5.74, 6) is -12.8. The Morgan fingerprint density at radius 2 is 0.891 bits per heavy atom. The van der Waals surface area contributed by atoms with Gasteiger partial charge in [0.1, 0.15) is 71.2 Å². The average Bonchev–Trinajstić information content (AvgIpc) is 0.670. The highest BCUT2D eigenvalue weighted by Gasteiger charge is 2.82. The number of hydrogen-bond donors (Lipinski definition) is 6. The van der Waals surface area contributed by atoms with Gasteiger partial charge in [0.05, 0.1) is 86.2 Å². The fraction of sp³-hybridized carbons (Fsp3) is 0.660. The molecule has 38 heteroatoms. The third kappa shape index (κ3) is 21.7. The molecule has 6 aliphatic carbocycles. The van der Waals surface area contributed by atoms with Gasteiger partial charge in [-0.3, -0.25) is 38.4 Å². The number of benzene rings is 2. The standard InChI is InChI=1S/C50H67NO18.C46H63NO15.C4H4O3/c1-13-36-64-32-22-33-49(24-61-33,68-28(6)53)40-42(67-43(57)29-17-15-14-16-18-29)50(60)23-31(26(4)37(47(50,10)11)39(62-27(5)52)41(66-36)48(32,40)12)63-44(58)38(65-35(56)20-19-34(54)55)30(21-25(2)3)51-45(59)69-46(7,8)9;1-13-32-58-30-20-31-45(22-55-31,61-26(6)49)36-38(60-39(51)27-17-15-14-16-18-27)46(54)21-29(57-40(52)34(50)28(19-23(2)3)47-41(53)62-42(7,8)9)24(4)33(43(46,10)11)35(56-25(5)48)37(59-32)44(30,36)12;5-3-1-2-4(6)7-3/h13-18,25,30-33,36,38-42,60H,1,19-24H2,2-12H3,(H,51,59)(H,54,55);13-18,23,28-32,34-38,50,54H,1,19-22H2,2-12H3,(H,47,53);1-2H2/t30-,31-,32-,33+,36?,38+,39-,40-,41-,42-,48+,49-,50+;28-,29-,30-,31+,32?,34+,35-,36-,37-,38-,44+,45-,46+;/m00./s1. The number of esters is 11. The Labute approximate surface area is 801 Å². The molecule has 26 atom stereocenters. The number of nitrogens with one attached hydrogen (secondary N) is 2. The van der Waals surface area contributed by atoms with Crippen LogP contribution in [0.2, 0.25) is 0 Å². The molecule has 5 saturated heterocycles. The molecule has 5 aliphatic heterocycles. The van der Waals surface area contributed by atoms with Crippen LogP contribution in [0.15, 0.2) is 108 Å². The molecule has 38 nitrogen and oxygen atoms in total. The van der Waals surface area contributed by atoms with Crippen molar-refractivity contribution in [3.63, 3.8) is 0 Å². The fourth-order valence-electron chi connectivity index (χ4n) is 22.3. The van der Waals surface area contributed by atoms with Gasteiger partial charge in [0.25, 0.3) is 0 Å². The first kappa shape index (κ1) is 108. The number of aliphatic hydroxyl groups is 3. The Balaban J connectivity index is 0.000000248. The van der Waals surface area contributed by atoms with Crippen LogP contribution < -0.4 is 10.6 Å². The SMILES string of the molecule is C=CC1O[C@H]2C[C@H]3OC[C@@]3(OC(C)=O)[C@H]3[C@H](OC(=O)c4ccccc4)[C@]4(O)C[C@H](OC(=O)[C@H](O)[C@H](CC(C)C)NC(=O)OC(C)(C)C)C(C)=C([C@H](OC(C)=O)[C@H](O1)[C@]23C)C4(C)C.C=CC1O[C@H]2C[C@H]3OC[C@@]3(OC(C)=O)[C@H]3[C@H](OC(=O)c4ccccc4)[C@]4(O)C[C@H](OC(=O)[C@H](OC(=O)CCC(=O)O)[C@H](CC(C)C)NC(=O)OC(C)(C)C)C(C)=C([C@H](OC(C)=O)[C@H](O1)[C@]23C)C4(C)C.O=C1CCC(=O)O1. The molecule has 5 heterocycles. The second-order valence-electron chi connectivity index (χ2n) is 41.8. The van der Waals surface area contributed by atoms with Crippen molar-refractivity contribution in [1.29, 1.82) is 0 Å². The molecule has 0 spiro atoms. The predicted molar refractivity (Wildman–Crippen MR) is 481 cm³/mol. The lowest BCUT2D eigenvalue weighted by Gasteiger charge is -2.71. The number of alkyl carbamates (subject to hydrolysis) is 2. The Hall–Kier alpha value is -10.6. The number of amides is 2. The summed E-state index contributed by atoms with van der Waals surface area (Å²) in [6.07, 6.45) is -20.5. The molecule has 4 saturated carbocycles. The maximum absolute atomic E-state index is 15.0. The summed E-state index contributed by atoms with van der Waals surface area (Å²) < 4.78 is 111. The fourth-order valence-corrected chi connectivity index (χ4v) is 22.3. The van der Waals surface area contributed by atoms with Crippen LogP contribution in [0, 0.1) is 45.3 Å². The second-order valence-corrected chi connectivity index (χ2v) is 41.8. The van der Waals surface area contributed by atoms with Crippen LogP contribution in [-0.2, 0) is 133 Å². The van der Waals surface area contributed by atoms with Gasteiger partial charge >= 0.3 is 83.8 Å². The van der Waals surface area contributed by atoms with Crippen LogP contribution in [0.1, 0.15) is 237 Å². The molecule has 2 amide bonds. The highest BCUT2D eigenvalue weighted by molar-refractivity contribution is 5.93. The zero-order valence-corrected chi connectivity index (χ0v) is 82.4. The lowest BCUT2D eigenvalue weighted by Crippen LogP contribution is -2.83. The Morgan fingerprint density at radius 3 is 1.22 bits per heavy atom. The van der Waals surface area contributed by atoms with Gasteiger partial charge in [0.2, 0.25) is 6.10 Å². The van der Waals surface area contributed by atoms with E-state index in [1.54, 1.807) is 152 Å². The van der Waals surface area contributed by atoms with E-state index in [2.05, 4.69) is 28.5 Å². The van der Waals surface area contributed by atoms with Gasteiger partial charge in [-0.2, -0.15) is 0 Å². The van der Waals surface area contributed by atoms with Crippen molar-refractivity contribution in [2.75, 3.05) is 13.2 Å². The van der Waals surface area contributed by atoms with E-state index in [-0.39, 0.29) is 85.8 Å². The molecule has 2 unspecified atom stereocenters. The minimum absolute atomic E-state index is 0.0351. The monoisotopic (exact) mass is 1940 g/mol. The van der Waals surface area contributed by atoms with Crippen LogP contribution in [0.3, 0.4) is 0 Å². The molecule has 138 heavy (non-hydrogen) atoms. The molecule has 0 radical (unpaired) electrons. The van der Waals surface area contributed by atoms with E-state index in [0.717, 1.165) is 0 Å². The van der Waals surface area contributed by atoms with Gasteiger partial charge in [-0.05, 0) is 139 Å². The molecule has 13 rings (SSSR count). The van der Waals surface area contributed by atoms with E-state index < -0.39 is 287 Å². The van der Waals surface area contributed by atoms with Crippen LogP contribution in [0.25, 0.3) is 0 Å². The first-order chi connectivity index (χ1) is 64.2. The number of carbonyl (C=O) groups excluding carboxylic acids is 13. The maximum Gasteiger partial charge on any atom is 0.408 e. The number of fused-ring (bicyclic) bond motifs is 8. The number of ether oxygens (including phenoxy) is 18. The van der Waals surface area contributed by atoms with Crippen molar-refractivity contribution in [2.45, 2.75) is 360 Å². The number of aliphatic carboxylic acids is 1. The normalized spacial score (nSPS) is 33.4. The zero-order valence-electron chi connectivity index (χ0n) is 82.4. The minimum atomic E-state index is -2.33. The Morgan fingerprint density at radius 1 is 0.514 bits per heavy atom. The van der Waals surface area contributed by atoms with Gasteiger partial charge in [-0.25, -0.2) is 28.8 Å². The minimum Gasteiger partial charge on any atom is -0.481 e. The number of cyclic esters (lactones) is 2. The molecule has 9 fully saturated rings. The van der Waals surface area contributed by atoms with Crippen molar-refractivity contribution >= 4 is 83.8 Å². The maximum atomic E-state index is 15.0. The highest BCUT2D eigenvalue weighted by Crippen LogP contribution is 2.70. The predicted octanol–water partition coefficient (Wildman–Crippen LogP) is 10.0. The molecular formula is C100H134N2O36. The molecule has 2 aromatic carbocycles. The van der Waals surface area contributed by atoms with Crippen molar-refractivity contribution in [3.8, 4) is 0 Å². The van der Waals surface area contributed by atoms with Gasteiger partial charge in [0.15, 0.2) is 42.1 Å². The second kappa shape index (κ2) is 41.3. The van der Waals surface area contributed by atoms with Gasteiger partial charge in [-0.15, -0.1) is 0 Å². The average molecular weight is 1940 g/mol. The first-order valence-corrected chi connectivity index (χ1v) is 46.6. The summed E-state index contributed by atoms with van der Waals surface area (Å²) in [4.78, 5) is 183. The summed E-state index contributed by atoms with van der Waals surface area (Å²) in [5.41, 5.74) is -14.0. The summed E-state index contributed by atoms with van der Waals surface area (Å²) in [6, 6.07) is 13.8. The number of hydrogen-bond acceptors (Lipinski definition) is 35. The third-order valence-corrected chi connectivity index (χ3v) is 28.4. The Kier molecular flexibility index (Phi) is 32.3. The topological polar surface area (TPSA) is 510 Å². The van der Waals surface area contributed by atoms with E-state index in [4.69, 9.17) is 80.5 Å². The van der Waals surface area contributed by atoms with Crippen molar-refractivity contribution in [2.24, 2.45) is 45.3 Å². The molecular weight excluding hydrogens is 1810 g/mol. The summed E-state index contributed by atoms with van der Waals surface area (Å²) in [5, 5.41) is 54.2. The van der Waals surface area contributed by atoms with Crippen molar-refractivity contribution in [1.82, 2.24) is 10.6 Å². The summed E-state index contributed by atoms with van der Waals surface area (Å²) in [7, 11) is 0. The highest BCUT2D eigenvalue weighted by atomic mass is 16.7. The zero-order chi connectivity index (χ0) is 102. The lowest BCUT2D eigenvalue weighted by atomic mass is 9.44. The van der Waals surface area contributed by atoms with E-state index in [9.17, 15) is 87.5 Å². The van der Waals surface area contributed by atoms with E-state index in [1.807, 2.05) is 20.8 Å². The van der Waals surface area contributed by atoms with Crippen LogP contribution in [0.4, 0.5) is 9.59 Å². The van der Waals surface area contributed by atoms with E-state index >= 15 is 0 Å². The summed E-state index contributed by atoms with van der Waals surface area (Å²) >= 11 is 0. The number of carboxylic acids is 1. The smallest absolute Gasteiger partial charge is 0.408 e. The number of aliphatic hydroxyl groups excluding tert-OH is 1. The molecule has 4 bridgehead atoms. The van der Waals surface area contributed by atoms with Gasteiger partial charge < -0.3 is 116 Å². The van der Waals surface area contributed by atoms with E-state index in [0.29, 0.717) is 11.1 Å². The van der Waals surface area contributed by atoms with Crippen molar-refractivity contribution in [3.05, 3.63) is 119 Å². The molecule has 6 N–H and O–H groups in total. The van der Waals surface area contributed by atoms with Gasteiger partial charge in [0, 0.05) is 75.0 Å². The van der Waals surface area contributed by atoms with Gasteiger partial charge in [-0.1, -0.05) is 119 Å². The molecule has 0 aromatic heterocycles. The molecule has 11 aliphatic rings. The quantitative estimate of drug-likeness (QED) is 0.0221. The van der Waals surface area contributed by atoms with Crippen molar-refractivity contribution < 1.29 is 173 Å². The first-order valence-electron chi connectivity index (χ1n) is 46.6. The van der Waals surface area contributed by atoms with Crippen LogP contribution in [0.5, 0.6) is 0 Å². The number of carboxylic acid groups (broad SMARTS) is 1. The van der Waals surface area contributed by atoms with Crippen LogP contribution >= 0.6 is 0 Å². The molecule has 2 aromatic rings. The van der Waals surface area contributed by atoms with Crippen LogP contribution in [-0.4, -0.2) is 261 Å². The lowest BCUT2D eigenvalue weighted by molar-refractivity contribution is -0.405. The Bertz CT molecular complexity index is 5030. The summed E-state index contributed by atoms with van der Waals surface area (Å²) in [6.45, 7) is 43.3.